The summed E-state index contributed by atoms with van der Waals surface area (Å²) in [6.07, 6.45) is 6.19. The molecule has 1 N–H and O–H groups in total. The number of hydrogen-bond acceptors (Lipinski definition) is 3. The molecule has 1 fully saturated rings. The minimum absolute atomic E-state index is 0.203. The Hall–Kier alpha value is -1.89. The number of amides is 1. The van der Waals surface area contributed by atoms with Crippen molar-refractivity contribution in [3.05, 3.63) is 29.6 Å². The number of aromatic nitrogens is 1. The van der Waals surface area contributed by atoms with Crippen molar-refractivity contribution in [2.75, 3.05) is 0 Å². The Morgan fingerprint density at radius 3 is 2.67 bits per heavy atom. The molecule has 0 spiro atoms. The second-order valence-corrected chi connectivity index (χ2v) is 4.90. The highest BCUT2D eigenvalue weighted by molar-refractivity contribution is 5.94. The molecule has 0 bridgehead atoms. The minimum atomic E-state index is -0.680. The zero-order valence-corrected chi connectivity index (χ0v) is 10.6. The SMILES string of the molecule is Cc1ccc(C(=O)NC2(C#N)CCCCC2)cn1. The van der Waals surface area contributed by atoms with Gasteiger partial charge in [-0.2, -0.15) is 5.26 Å². The Bertz CT molecular complexity index is 467. The van der Waals surface area contributed by atoms with Gasteiger partial charge in [0.1, 0.15) is 5.54 Å². The summed E-state index contributed by atoms with van der Waals surface area (Å²) in [7, 11) is 0. The molecule has 18 heavy (non-hydrogen) atoms. The van der Waals surface area contributed by atoms with E-state index in [0.717, 1.165) is 37.8 Å². The van der Waals surface area contributed by atoms with Gasteiger partial charge in [0.15, 0.2) is 0 Å². The lowest BCUT2D eigenvalue weighted by Crippen LogP contribution is -2.48. The first kappa shape index (κ1) is 12.6. The molecule has 1 saturated carbocycles. The summed E-state index contributed by atoms with van der Waals surface area (Å²) < 4.78 is 0. The van der Waals surface area contributed by atoms with Crippen LogP contribution in [0.3, 0.4) is 0 Å². The van der Waals surface area contributed by atoms with Crippen LogP contribution in [0.25, 0.3) is 0 Å². The maximum atomic E-state index is 12.1. The predicted molar refractivity (Wildman–Crippen MR) is 67.9 cm³/mol. The van der Waals surface area contributed by atoms with Gasteiger partial charge in [0, 0.05) is 11.9 Å². The standard InChI is InChI=1S/C14H17N3O/c1-11-5-6-12(9-16-11)13(18)17-14(10-15)7-3-2-4-8-14/h5-6,9H,2-4,7-8H2,1H3,(H,17,18). The molecule has 2 rings (SSSR count). The third-order valence-electron chi connectivity index (χ3n) is 3.45. The van der Waals surface area contributed by atoms with Crippen molar-refractivity contribution in [1.82, 2.24) is 10.3 Å². The van der Waals surface area contributed by atoms with Crippen molar-refractivity contribution in [3.63, 3.8) is 0 Å². The molecule has 4 nitrogen and oxygen atoms in total. The molecule has 1 aromatic heterocycles. The van der Waals surface area contributed by atoms with Crippen LogP contribution in [0.4, 0.5) is 0 Å². The zero-order valence-electron chi connectivity index (χ0n) is 10.6. The normalized spacial score (nSPS) is 17.8. The summed E-state index contributed by atoms with van der Waals surface area (Å²) in [5, 5.41) is 12.2. The summed E-state index contributed by atoms with van der Waals surface area (Å²) >= 11 is 0. The van der Waals surface area contributed by atoms with E-state index in [1.165, 1.54) is 0 Å². The van der Waals surface area contributed by atoms with E-state index in [-0.39, 0.29) is 5.91 Å². The highest BCUT2D eigenvalue weighted by Gasteiger charge is 2.33. The smallest absolute Gasteiger partial charge is 0.254 e. The van der Waals surface area contributed by atoms with Crippen LogP contribution < -0.4 is 5.32 Å². The molecule has 4 heteroatoms. The molecule has 1 aliphatic rings. The summed E-state index contributed by atoms with van der Waals surface area (Å²) in [5.74, 6) is -0.203. The Labute approximate surface area is 107 Å². The first-order chi connectivity index (χ1) is 8.65. The third kappa shape index (κ3) is 2.67. The Morgan fingerprint density at radius 1 is 1.39 bits per heavy atom. The number of carbonyl (C=O) groups is 1. The number of aryl methyl sites for hydroxylation is 1. The van der Waals surface area contributed by atoms with Gasteiger partial charge in [0.2, 0.25) is 0 Å². The van der Waals surface area contributed by atoms with Crippen molar-refractivity contribution in [2.24, 2.45) is 0 Å². The topological polar surface area (TPSA) is 65.8 Å². The van der Waals surface area contributed by atoms with Gasteiger partial charge in [-0.3, -0.25) is 9.78 Å². The number of pyridine rings is 1. The number of nitriles is 1. The first-order valence-electron chi connectivity index (χ1n) is 6.32. The van der Waals surface area contributed by atoms with E-state index in [9.17, 15) is 10.1 Å². The second-order valence-electron chi connectivity index (χ2n) is 4.90. The monoisotopic (exact) mass is 243 g/mol. The third-order valence-corrected chi connectivity index (χ3v) is 3.45. The van der Waals surface area contributed by atoms with Crippen molar-refractivity contribution in [1.29, 1.82) is 5.26 Å². The summed E-state index contributed by atoms with van der Waals surface area (Å²) in [5.41, 5.74) is 0.709. The number of nitrogens with zero attached hydrogens (tertiary/aromatic N) is 2. The lowest BCUT2D eigenvalue weighted by atomic mass is 9.82. The fourth-order valence-corrected chi connectivity index (χ4v) is 2.31. The molecular formula is C14H17N3O. The van der Waals surface area contributed by atoms with E-state index in [1.807, 2.05) is 6.92 Å². The van der Waals surface area contributed by atoms with Crippen LogP contribution in [0.15, 0.2) is 18.3 Å². The van der Waals surface area contributed by atoms with Crippen LogP contribution in [-0.4, -0.2) is 16.4 Å². The van der Waals surface area contributed by atoms with E-state index in [1.54, 1.807) is 18.3 Å². The molecule has 0 aliphatic heterocycles. The van der Waals surface area contributed by atoms with Gasteiger partial charge < -0.3 is 5.32 Å². The molecule has 0 saturated heterocycles. The summed E-state index contributed by atoms with van der Waals surface area (Å²) in [6, 6.07) is 5.82. The molecule has 1 amide bonds. The lowest BCUT2D eigenvalue weighted by Gasteiger charge is -2.31. The largest absolute Gasteiger partial charge is 0.334 e. The number of nitrogens with one attached hydrogen (secondary N) is 1. The highest BCUT2D eigenvalue weighted by atomic mass is 16.1. The van der Waals surface area contributed by atoms with Crippen LogP contribution >= 0.6 is 0 Å². The van der Waals surface area contributed by atoms with E-state index in [4.69, 9.17) is 0 Å². The van der Waals surface area contributed by atoms with Gasteiger partial charge in [-0.05, 0) is 31.9 Å². The van der Waals surface area contributed by atoms with Crippen LogP contribution in [-0.2, 0) is 0 Å². The quantitative estimate of drug-likeness (QED) is 0.867. The molecule has 0 unspecified atom stereocenters. The fourth-order valence-electron chi connectivity index (χ4n) is 2.31. The number of carbonyl (C=O) groups excluding carboxylic acids is 1. The molecule has 94 valence electrons. The van der Waals surface area contributed by atoms with E-state index in [0.29, 0.717) is 5.56 Å². The Balaban J connectivity index is 2.10. The second kappa shape index (κ2) is 5.18. The first-order valence-corrected chi connectivity index (χ1v) is 6.32. The van der Waals surface area contributed by atoms with Gasteiger partial charge in [-0.1, -0.05) is 19.3 Å². The van der Waals surface area contributed by atoms with Crippen molar-refractivity contribution in [2.45, 2.75) is 44.6 Å². The van der Waals surface area contributed by atoms with Gasteiger partial charge in [0.05, 0.1) is 11.6 Å². The Kier molecular flexibility index (Phi) is 3.61. The number of rotatable bonds is 2. The summed E-state index contributed by atoms with van der Waals surface area (Å²) in [6.45, 7) is 1.87. The molecule has 1 aliphatic carbocycles. The molecule has 0 atom stereocenters. The van der Waals surface area contributed by atoms with Crippen LogP contribution in [0, 0.1) is 18.3 Å². The van der Waals surface area contributed by atoms with E-state index < -0.39 is 5.54 Å². The molecule has 1 heterocycles. The van der Waals surface area contributed by atoms with Gasteiger partial charge in [-0.25, -0.2) is 0 Å². The van der Waals surface area contributed by atoms with Gasteiger partial charge in [0.25, 0.3) is 5.91 Å². The maximum absolute atomic E-state index is 12.1. The van der Waals surface area contributed by atoms with Crippen molar-refractivity contribution < 1.29 is 4.79 Å². The minimum Gasteiger partial charge on any atom is -0.334 e. The fraction of sp³-hybridized carbons (Fsp3) is 0.500. The molecular weight excluding hydrogens is 226 g/mol. The van der Waals surface area contributed by atoms with E-state index >= 15 is 0 Å². The molecule has 1 aromatic rings. The zero-order chi connectivity index (χ0) is 13.0. The Morgan fingerprint density at radius 2 is 2.11 bits per heavy atom. The molecule has 0 aromatic carbocycles. The summed E-state index contributed by atoms with van der Waals surface area (Å²) in [4.78, 5) is 16.2. The number of hydrogen-bond donors (Lipinski definition) is 1. The van der Waals surface area contributed by atoms with Crippen molar-refractivity contribution in [3.8, 4) is 6.07 Å². The lowest BCUT2D eigenvalue weighted by molar-refractivity contribution is 0.0902. The molecule has 0 radical (unpaired) electrons. The average molecular weight is 243 g/mol. The highest BCUT2D eigenvalue weighted by Crippen LogP contribution is 2.27. The van der Waals surface area contributed by atoms with Gasteiger partial charge >= 0.3 is 0 Å². The van der Waals surface area contributed by atoms with Crippen molar-refractivity contribution >= 4 is 5.91 Å². The average Bonchev–Trinajstić information content (AvgIpc) is 2.40. The van der Waals surface area contributed by atoms with Gasteiger partial charge in [-0.15, -0.1) is 0 Å². The van der Waals surface area contributed by atoms with Crippen LogP contribution in [0.5, 0.6) is 0 Å². The predicted octanol–water partition coefficient (Wildman–Crippen LogP) is 2.35. The maximum Gasteiger partial charge on any atom is 0.254 e. The van der Waals surface area contributed by atoms with Crippen LogP contribution in [0.2, 0.25) is 0 Å². The van der Waals surface area contributed by atoms with Crippen LogP contribution in [0.1, 0.15) is 48.2 Å². The van der Waals surface area contributed by atoms with E-state index in [2.05, 4.69) is 16.4 Å².